The lowest BCUT2D eigenvalue weighted by molar-refractivity contribution is -0.129. The summed E-state index contributed by atoms with van der Waals surface area (Å²) in [4.78, 5) is 0. The summed E-state index contributed by atoms with van der Waals surface area (Å²) >= 11 is 0. The highest BCUT2D eigenvalue weighted by Crippen LogP contribution is 2.31. The first-order chi connectivity index (χ1) is 7.67. The molecule has 1 N–H and O–H groups in total. The van der Waals surface area contributed by atoms with Gasteiger partial charge in [-0.05, 0) is 32.2 Å². The molecule has 0 aliphatic heterocycles. The van der Waals surface area contributed by atoms with Gasteiger partial charge < -0.3 is 9.76 Å². The van der Waals surface area contributed by atoms with Crippen LogP contribution in [0.5, 0.6) is 0 Å². The maximum Gasteiger partial charge on any atom is 0.334 e. The van der Waals surface area contributed by atoms with Crippen LogP contribution in [-0.2, 0) is 11.7 Å². The van der Waals surface area contributed by atoms with Crippen molar-refractivity contribution in [2.45, 2.75) is 45.8 Å². The van der Waals surface area contributed by atoms with Crippen molar-refractivity contribution < 1.29 is 9.76 Å². The zero-order valence-electron chi connectivity index (χ0n) is 11.6. The second-order valence-corrected chi connectivity index (χ2v) is 5.50. The fourth-order valence-electron chi connectivity index (χ4n) is 1.53. The van der Waals surface area contributed by atoms with Crippen molar-refractivity contribution in [3.8, 4) is 0 Å². The number of nitrogens with zero attached hydrogens (tertiary/aromatic N) is 2. The summed E-state index contributed by atoms with van der Waals surface area (Å²) in [5.74, 6) is 0.111. The molecule has 0 saturated carbocycles. The first-order valence-corrected chi connectivity index (χ1v) is 5.89. The average molecular weight is 237 g/mol. The molecule has 0 aliphatic carbocycles. The SMILES string of the molecule is CC(C)C(C)(O)C(C)(C)O[B]c1cnn(C)c1. The van der Waals surface area contributed by atoms with E-state index < -0.39 is 11.2 Å². The van der Waals surface area contributed by atoms with Crippen LogP contribution in [0.25, 0.3) is 0 Å². The van der Waals surface area contributed by atoms with Crippen molar-refractivity contribution in [2.75, 3.05) is 0 Å². The Bertz CT molecular complexity index is 372. The molecule has 95 valence electrons. The van der Waals surface area contributed by atoms with E-state index in [4.69, 9.17) is 4.65 Å². The van der Waals surface area contributed by atoms with Crippen molar-refractivity contribution in [1.82, 2.24) is 9.78 Å². The number of aromatic nitrogens is 2. The van der Waals surface area contributed by atoms with Crippen LogP contribution in [0.3, 0.4) is 0 Å². The van der Waals surface area contributed by atoms with Gasteiger partial charge >= 0.3 is 7.48 Å². The van der Waals surface area contributed by atoms with Gasteiger partial charge in [-0.3, -0.25) is 4.68 Å². The molecule has 5 heteroatoms. The number of rotatable bonds is 5. The monoisotopic (exact) mass is 237 g/mol. The molecule has 0 amide bonds. The number of aliphatic hydroxyl groups is 1. The smallest absolute Gasteiger partial charge is 0.334 e. The molecule has 0 bridgehead atoms. The normalized spacial score (nSPS) is 16.0. The Balaban J connectivity index is 2.67. The minimum absolute atomic E-state index is 0.111. The molecule has 1 aromatic rings. The molecule has 1 rings (SSSR count). The Morgan fingerprint density at radius 3 is 2.41 bits per heavy atom. The Labute approximate surface area is 104 Å². The fraction of sp³-hybridized carbons (Fsp3) is 0.750. The largest absolute Gasteiger partial charge is 0.426 e. The van der Waals surface area contributed by atoms with Crippen LogP contribution in [-0.4, -0.2) is 33.6 Å². The van der Waals surface area contributed by atoms with E-state index in [-0.39, 0.29) is 5.92 Å². The molecular weight excluding hydrogens is 215 g/mol. The van der Waals surface area contributed by atoms with E-state index in [1.807, 2.05) is 40.9 Å². The minimum Gasteiger partial charge on any atom is -0.426 e. The Hall–Kier alpha value is -0.805. The van der Waals surface area contributed by atoms with Crippen LogP contribution >= 0.6 is 0 Å². The molecule has 0 aliphatic rings. The Morgan fingerprint density at radius 1 is 1.41 bits per heavy atom. The van der Waals surface area contributed by atoms with Gasteiger partial charge in [0.1, 0.15) is 0 Å². The summed E-state index contributed by atoms with van der Waals surface area (Å²) in [5.41, 5.74) is -0.664. The van der Waals surface area contributed by atoms with Crippen LogP contribution in [0.1, 0.15) is 34.6 Å². The van der Waals surface area contributed by atoms with Gasteiger partial charge in [0.15, 0.2) is 0 Å². The zero-order valence-corrected chi connectivity index (χ0v) is 11.6. The second kappa shape index (κ2) is 4.82. The molecule has 0 aromatic carbocycles. The van der Waals surface area contributed by atoms with E-state index in [0.29, 0.717) is 0 Å². The molecule has 1 radical (unpaired) electrons. The molecule has 0 spiro atoms. The van der Waals surface area contributed by atoms with E-state index in [2.05, 4.69) is 5.10 Å². The molecular formula is C12H22BN2O2. The quantitative estimate of drug-likeness (QED) is 0.773. The van der Waals surface area contributed by atoms with E-state index in [1.54, 1.807) is 25.3 Å². The number of aryl methyl sites for hydroxylation is 1. The van der Waals surface area contributed by atoms with E-state index >= 15 is 0 Å². The zero-order chi connectivity index (χ0) is 13.3. The van der Waals surface area contributed by atoms with Gasteiger partial charge in [0.25, 0.3) is 0 Å². The topological polar surface area (TPSA) is 47.3 Å². The van der Waals surface area contributed by atoms with Gasteiger partial charge in [-0.15, -0.1) is 0 Å². The van der Waals surface area contributed by atoms with Gasteiger partial charge in [0, 0.05) is 19.4 Å². The highest BCUT2D eigenvalue weighted by atomic mass is 16.5. The maximum atomic E-state index is 10.4. The summed E-state index contributed by atoms with van der Waals surface area (Å²) in [7, 11) is 3.50. The van der Waals surface area contributed by atoms with Crippen molar-refractivity contribution in [1.29, 1.82) is 0 Å². The predicted molar refractivity (Wildman–Crippen MR) is 69.2 cm³/mol. The third-order valence-electron chi connectivity index (χ3n) is 3.56. The molecule has 4 nitrogen and oxygen atoms in total. The van der Waals surface area contributed by atoms with Crippen LogP contribution in [0.2, 0.25) is 0 Å². The van der Waals surface area contributed by atoms with Crippen molar-refractivity contribution in [3.63, 3.8) is 0 Å². The van der Waals surface area contributed by atoms with Crippen molar-refractivity contribution in [3.05, 3.63) is 12.4 Å². The van der Waals surface area contributed by atoms with E-state index in [1.165, 1.54) is 0 Å². The Morgan fingerprint density at radius 2 is 2.00 bits per heavy atom. The number of hydrogen-bond donors (Lipinski definition) is 1. The molecule has 1 heterocycles. The van der Waals surface area contributed by atoms with Crippen LogP contribution < -0.4 is 5.46 Å². The van der Waals surface area contributed by atoms with Gasteiger partial charge in [-0.25, -0.2) is 0 Å². The van der Waals surface area contributed by atoms with Crippen LogP contribution in [0.15, 0.2) is 12.4 Å². The van der Waals surface area contributed by atoms with Crippen LogP contribution in [0.4, 0.5) is 0 Å². The molecule has 17 heavy (non-hydrogen) atoms. The average Bonchev–Trinajstić information content (AvgIpc) is 2.61. The molecule has 1 atom stereocenters. The second-order valence-electron chi connectivity index (χ2n) is 5.50. The summed E-state index contributed by atoms with van der Waals surface area (Å²) < 4.78 is 7.44. The predicted octanol–water partition coefficient (Wildman–Crippen LogP) is 0.867. The highest BCUT2D eigenvalue weighted by molar-refractivity contribution is 6.46. The van der Waals surface area contributed by atoms with Crippen LogP contribution in [0, 0.1) is 5.92 Å². The summed E-state index contributed by atoms with van der Waals surface area (Å²) in [6.07, 6.45) is 3.58. The van der Waals surface area contributed by atoms with Gasteiger partial charge in [0.2, 0.25) is 0 Å². The van der Waals surface area contributed by atoms with Crippen molar-refractivity contribution >= 4 is 12.9 Å². The van der Waals surface area contributed by atoms with E-state index in [0.717, 1.165) is 5.46 Å². The lowest BCUT2D eigenvalue weighted by Crippen LogP contribution is -2.54. The fourth-order valence-corrected chi connectivity index (χ4v) is 1.53. The maximum absolute atomic E-state index is 10.4. The van der Waals surface area contributed by atoms with Gasteiger partial charge in [0.05, 0.1) is 11.2 Å². The number of hydrogen-bond acceptors (Lipinski definition) is 3. The third-order valence-corrected chi connectivity index (χ3v) is 3.56. The lowest BCUT2D eigenvalue weighted by Gasteiger charge is -2.43. The molecule has 1 aromatic heterocycles. The third kappa shape index (κ3) is 3.10. The van der Waals surface area contributed by atoms with Gasteiger partial charge in [-0.1, -0.05) is 13.8 Å². The van der Waals surface area contributed by atoms with Crippen molar-refractivity contribution in [2.24, 2.45) is 13.0 Å². The standard InChI is InChI=1S/C12H22BN2O2/c1-9(2)12(5,16)11(3,4)17-13-10-7-14-15(6)8-10/h7-9,16H,1-6H3. The minimum atomic E-state index is -0.897. The summed E-state index contributed by atoms with van der Waals surface area (Å²) in [5, 5.41) is 14.5. The lowest BCUT2D eigenvalue weighted by atomic mass is 9.76. The molecule has 0 saturated heterocycles. The molecule has 1 unspecified atom stereocenters. The first-order valence-electron chi connectivity index (χ1n) is 5.89. The highest BCUT2D eigenvalue weighted by Gasteiger charge is 2.42. The Kier molecular flexibility index (Phi) is 4.04. The van der Waals surface area contributed by atoms with Gasteiger partial charge in [-0.2, -0.15) is 5.10 Å². The summed E-state index contributed by atoms with van der Waals surface area (Å²) in [6, 6.07) is 0. The van der Waals surface area contributed by atoms with E-state index in [9.17, 15) is 5.11 Å². The molecule has 0 fully saturated rings. The summed E-state index contributed by atoms with van der Waals surface area (Å²) in [6.45, 7) is 9.54. The first kappa shape index (κ1) is 14.3.